The fourth-order valence-corrected chi connectivity index (χ4v) is 0.722. The Kier molecular flexibility index (Phi) is 4.16. The van der Waals surface area contributed by atoms with Gasteiger partial charge in [-0.2, -0.15) is 0 Å². The van der Waals surface area contributed by atoms with E-state index in [0.29, 0.717) is 0 Å². The molecular formula is C7H12ClNO. The normalized spacial score (nSPS) is 12.2. The Morgan fingerprint density at radius 2 is 2.40 bits per heavy atom. The maximum absolute atomic E-state index is 5.68. The van der Waals surface area contributed by atoms with Crippen LogP contribution >= 0.6 is 12.4 Å². The zero-order valence-corrected chi connectivity index (χ0v) is 6.73. The summed E-state index contributed by atoms with van der Waals surface area (Å²) in [7, 11) is 0. The highest BCUT2D eigenvalue weighted by molar-refractivity contribution is 5.85. The van der Waals surface area contributed by atoms with Gasteiger partial charge in [-0.3, -0.25) is 0 Å². The molecular weight excluding hydrogens is 150 g/mol. The zero-order valence-electron chi connectivity index (χ0n) is 5.91. The standard InChI is InChI=1S/C7H11NO.ClH/c1-2-7(8)6-3-4-9-5-6;/h3-5,7H,2,8H2,1H3;1H/t7-;/m1./s1. The topological polar surface area (TPSA) is 39.2 Å². The van der Waals surface area contributed by atoms with Crippen molar-refractivity contribution in [3.63, 3.8) is 0 Å². The van der Waals surface area contributed by atoms with E-state index in [0.717, 1.165) is 12.0 Å². The van der Waals surface area contributed by atoms with Gasteiger partial charge in [-0.25, -0.2) is 0 Å². The number of nitrogens with two attached hydrogens (primary N) is 1. The van der Waals surface area contributed by atoms with Crippen LogP contribution < -0.4 is 5.73 Å². The molecule has 1 rings (SSSR count). The van der Waals surface area contributed by atoms with Crippen molar-refractivity contribution in [1.29, 1.82) is 0 Å². The predicted molar refractivity (Wildman–Crippen MR) is 43.2 cm³/mol. The van der Waals surface area contributed by atoms with Gasteiger partial charge in [-0.05, 0) is 12.5 Å². The van der Waals surface area contributed by atoms with Crippen molar-refractivity contribution in [3.05, 3.63) is 24.2 Å². The summed E-state index contributed by atoms with van der Waals surface area (Å²) >= 11 is 0. The van der Waals surface area contributed by atoms with E-state index in [1.54, 1.807) is 12.5 Å². The van der Waals surface area contributed by atoms with Crippen LogP contribution in [0.1, 0.15) is 24.9 Å². The highest BCUT2D eigenvalue weighted by atomic mass is 35.5. The maximum Gasteiger partial charge on any atom is 0.0950 e. The van der Waals surface area contributed by atoms with E-state index in [1.807, 2.05) is 6.07 Å². The molecule has 0 bridgehead atoms. The van der Waals surface area contributed by atoms with E-state index in [4.69, 9.17) is 10.2 Å². The average molecular weight is 162 g/mol. The van der Waals surface area contributed by atoms with Crippen molar-refractivity contribution in [3.8, 4) is 0 Å². The molecule has 58 valence electrons. The fraction of sp³-hybridized carbons (Fsp3) is 0.429. The quantitative estimate of drug-likeness (QED) is 0.722. The average Bonchev–Trinajstić information content (AvgIpc) is 2.37. The summed E-state index contributed by atoms with van der Waals surface area (Å²) in [5.41, 5.74) is 6.76. The molecule has 0 aliphatic rings. The van der Waals surface area contributed by atoms with E-state index in [-0.39, 0.29) is 18.4 Å². The van der Waals surface area contributed by atoms with Crippen LogP contribution in [0.4, 0.5) is 0 Å². The zero-order chi connectivity index (χ0) is 6.69. The maximum atomic E-state index is 5.68. The third-order valence-electron chi connectivity index (χ3n) is 1.41. The second-order valence-electron chi connectivity index (χ2n) is 2.07. The minimum atomic E-state index is 0. The number of hydrogen-bond acceptors (Lipinski definition) is 2. The van der Waals surface area contributed by atoms with Crippen molar-refractivity contribution in [2.75, 3.05) is 0 Å². The van der Waals surface area contributed by atoms with E-state index in [2.05, 4.69) is 6.92 Å². The van der Waals surface area contributed by atoms with Gasteiger partial charge in [0.25, 0.3) is 0 Å². The summed E-state index contributed by atoms with van der Waals surface area (Å²) in [6, 6.07) is 2.04. The first-order chi connectivity index (χ1) is 4.34. The van der Waals surface area contributed by atoms with Crippen molar-refractivity contribution in [2.24, 2.45) is 5.73 Å². The SMILES string of the molecule is CC[C@@H](N)c1ccoc1.Cl. The number of hydrogen-bond donors (Lipinski definition) is 1. The number of rotatable bonds is 2. The molecule has 0 aromatic carbocycles. The molecule has 0 aliphatic heterocycles. The Labute approximate surface area is 66.8 Å². The lowest BCUT2D eigenvalue weighted by Crippen LogP contribution is -2.06. The van der Waals surface area contributed by atoms with Crippen molar-refractivity contribution >= 4 is 12.4 Å². The number of halogens is 1. The van der Waals surface area contributed by atoms with E-state index < -0.39 is 0 Å². The second kappa shape index (κ2) is 4.36. The highest BCUT2D eigenvalue weighted by Gasteiger charge is 2.01. The molecule has 0 unspecified atom stereocenters. The monoisotopic (exact) mass is 161 g/mol. The summed E-state index contributed by atoms with van der Waals surface area (Å²) in [5.74, 6) is 0. The molecule has 0 saturated carbocycles. The molecule has 0 aliphatic carbocycles. The first-order valence-electron chi connectivity index (χ1n) is 3.12. The smallest absolute Gasteiger partial charge is 0.0950 e. The van der Waals surface area contributed by atoms with E-state index in [1.165, 1.54) is 0 Å². The molecule has 10 heavy (non-hydrogen) atoms. The van der Waals surface area contributed by atoms with E-state index >= 15 is 0 Å². The van der Waals surface area contributed by atoms with Gasteiger partial charge in [-0.1, -0.05) is 6.92 Å². The molecule has 0 amide bonds. The predicted octanol–water partition coefficient (Wildman–Crippen LogP) is 2.11. The lowest BCUT2D eigenvalue weighted by molar-refractivity contribution is 0.557. The van der Waals surface area contributed by atoms with Crippen LogP contribution in [0.2, 0.25) is 0 Å². The molecule has 2 N–H and O–H groups in total. The summed E-state index contributed by atoms with van der Waals surface area (Å²) < 4.78 is 4.86. The van der Waals surface area contributed by atoms with E-state index in [9.17, 15) is 0 Å². The first kappa shape index (κ1) is 9.53. The van der Waals surface area contributed by atoms with Crippen LogP contribution in [0.5, 0.6) is 0 Å². The van der Waals surface area contributed by atoms with Crippen molar-refractivity contribution in [2.45, 2.75) is 19.4 Å². The molecule has 1 aromatic rings. The molecule has 0 spiro atoms. The van der Waals surface area contributed by atoms with Crippen LogP contribution in [0.15, 0.2) is 23.0 Å². The van der Waals surface area contributed by atoms with Crippen LogP contribution in [-0.4, -0.2) is 0 Å². The Morgan fingerprint density at radius 1 is 1.70 bits per heavy atom. The molecule has 0 saturated heterocycles. The Hall–Kier alpha value is -0.470. The van der Waals surface area contributed by atoms with Crippen LogP contribution in [-0.2, 0) is 0 Å². The lowest BCUT2D eigenvalue weighted by Gasteiger charge is -2.02. The van der Waals surface area contributed by atoms with Gasteiger partial charge in [0.2, 0.25) is 0 Å². The van der Waals surface area contributed by atoms with Gasteiger partial charge in [0.15, 0.2) is 0 Å². The largest absolute Gasteiger partial charge is 0.472 e. The minimum Gasteiger partial charge on any atom is -0.472 e. The Bertz CT molecular complexity index is 162. The molecule has 1 heterocycles. The number of furan rings is 1. The van der Waals surface area contributed by atoms with Gasteiger partial charge < -0.3 is 10.2 Å². The lowest BCUT2D eigenvalue weighted by atomic mass is 10.1. The fourth-order valence-electron chi connectivity index (χ4n) is 0.722. The summed E-state index contributed by atoms with van der Waals surface area (Å²) in [5, 5.41) is 0. The highest BCUT2D eigenvalue weighted by Crippen LogP contribution is 2.12. The molecule has 3 heteroatoms. The third kappa shape index (κ3) is 2.05. The summed E-state index contributed by atoms with van der Waals surface area (Å²) in [6.07, 6.45) is 4.29. The van der Waals surface area contributed by atoms with Gasteiger partial charge in [0.05, 0.1) is 12.5 Å². The molecule has 0 radical (unpaired) electrons. The van der Waals surface area contributed by atoms with Gasteiger partial charge >= 0.3 is 0 Å². The second-order valence-corrected chi connectivity index (χ2v) is 2.07. The van der Waals surface area contributed by atoms with Crippen LogP contribution in [0.25, 0.3) is 0 Å². The van der Waals surface area contributed by atoms with Gasteiger partial charge in [-0.15, -0.1) is 12.4 Å². The first-order valence-corrected chi connectivity index (χ1v) is 3.12. The Balaban J connectivity index is 0.000000810. The molecule has 2 nitrogen and oxygen atoms in total. The van der Waals surface area contributed by atoms with Crippen molar-refractivity contribution in [1.82, 2.24) is 0 Å². The van der Waals surface area contributed by atoms with Crippen LogP contribution in [0.3, 0.4) is 0 Å². The van der Waals surface area contributed by atoms with Gasteiger partial charge in [0.1, 0.15) is 0 Å². The molecule has 1 atom stereocenters. The molecule has 1 aromatic heterocycles. The summed E-state index contributed by atoms with van der Waals surface area (Å²) in [4.78, 5) is 0. The van der Waals surface area contributed by atoms with Crippen LogP contribution in [0, 0.1) is 0 Å². The molecule has 0 fully saturated rings. The third-order valence-corrected chi connectivity index (χ3v) is 1.41. The van der Waals surface area contributed by atoms with Gasteiger partial charge in [0, 0.05) is 11.6 Å². The Morgan fingerprint density at radius 3 is 2.80 bits per heavy atom. The van der Waals surface area contributed by atoms with Crippen molar-refractivity contribution < 1.29 is 4.42 Å². The summed E-state index contributed by atoms with van der Waals surface area (Å²) in [6.45, 7) is 2.05. The minimum absolute atomic E-state index is 0.